The fourth-order valence-corrected chi connectivity index (χ4v) is 3.80. The van der Waals surface area contributed by atoms with E-state index in [0.29, 0.717) is 12.8 Å². The molecular weight excluding hydrogens is 250 g/mol. The van der Waals surface area contributed by atoms with E-state index >= 15 is 0 Å². The second-order valence-corrected chi connectivity index (χ2v) is 7.38. The third-order valence-corrected chi connectivity index (χ3v) is 5.20. The minimum absolute atomic E-state index is 0.0452. The van der Waals surface area contributed by atoms with Crippen molar-refractivity contribution in [1.29, 1.82) is 0 Å². The molecule has 1 heterocycles. The molecule has 0 unspecified atom stereocenters. The summed E-state index contributed by atoms with van der Waals surface area (Å²) in [7, 11) is -2.91. The van der Waals surface area contributed by atoms with Crippen molar-refractivity contribution >= 4 is 15.5 Å². The smallest absolute Gasteiger partial charge is 0.150 e. The van der Waals surface area contributed by atoms with E-state index in [2.05, 4.69) is 5.32 Å². The Morgan fingerprint density at radius 1 is 1.22 bits per heavy atom. The van der Waals surface area contributed by atoms with Gasteiger partial charge in [0.15, 0.2) is 9.84 Å². The Labute approximate surface area is 108 Å². The Morgan fingerprint density at radius 2 is 1.78 bits per heavy atom. The van der Waals surface area contributed by atoms with E-state index < -0.39 is 15.4 Å². The fraction of sp³-hybridized carbons (Fsp3) is 0.538. The van der Waals surface area contributed by atoms with Gasteiger partial charge < -0.3 is 10.4 Å². The zero-order valence-corrected chi connectivity index (χ0v) is 11.3. The normalized spacial score (nSPS) is 21.4. The standard InChI is InChI=1S/C13H19NO3S/c1-11-2-4-12(5-3-11)14-13(10-15)6-8-18(16,17)9-7-13/h2-5,14-15H,6-10H2,1H3. The highest BCUT2D eigenvalue weighted by Crippen LogP contribution is 2.28. The average Bonchev–Trinajstić information content (AvgIpc) is 2.35. The topological polar surface area (TPSA) is 66.4 Å². The molecule has 2 rings (SSSR count). The molecule has 0 saturated carbocycles. The van der Waals surface area contributed by atoms with E-state index in [1.165, 1.54) is 5.56 Å². The molecule has 0 bridgehead atoms. The van der Waals surface area contributed by atoms with E-state index in [-0.39, 0.29) is 18.1 Å². The lowest BCUT2D eigenvalue weighted by Crippen LogP contribution is -2.48. The lowest BCUT2D eigenvalue weighted by atomic mass is 9.93. The Balaban J connectivity index is 2.12. The first-order valence-corrected chi connectivity index (χ1v) is 7.93. The van der Waals surface area contributed by atoms with Crippen molar-refractivity contribution in [2.45, 2.75) is 25.3 Å². The number of hydrogen-bond donors (Lipinski definition) is 2. The highest BCUT2D eigenvalue weighted by molar-refractivity contribution is 7.91. The van der Waals surface area contributed by atoms with E-state index in [1.807, 2.05) is 31.2 Å². The van der Waals surface area contributed by atoms with Crippen molar-refractivity contribution in [1.82, 2.24) is 0 Å². The summed E-state index contributed by atoms with van der Waals surface area (Å²) in [6.45, 7) is 1.97. The maximum absolute atomic E-state index is 11.4. The SMILES string of the molecule is Cc1ccc(NC2(CO)CCS(=O)(=O)CC2)cc1. The van der Waals surface area contributed by atoms with Crippen LogP contribution in [0.15, 0.2) is 24.3 Å². The number of benzene rings is 1. The number of hydrogen-bond acceptors (Lipinski definition) is 4. The van der Waals surface area contributed by atoms with Crippen LogP contribution in [0.2, 0.25) is 0 Å². The average molecular weight is 269 g/mol. The van der Waals surface area contributed by atoms with E-state index in [1.54, 1.807) is 0 Å². The Morgan fingerprint density at radius 3 is 2.28 bits per heavy atom. The summed E-state index contributed by atoms with van der Waals surface area (Å²) < 4.78 is 22.9. The van der Waals surface area contributed by atoms with E-state index in [9.17, 15) is 13.5 Å². The first-order valence-electron chi connectivity index (χ1n) is 6.11. The predicted molar refractivity (Wildman–Crippen MR) is 72.5 cm³/mol. The van der Waals surface area contributed by atoms with E-state index in [4.69, 9.17) is 0 Å². The number of aliphatic hydroxyl groups excluding tert-OH is 1. The Kier molecular flexibility index (Phi) is 3.64. The molecule has 0 amide bonds. The first-order chi connectivity index (χ1) is 8.45. The number of sulfone groups is 1. The molecule has 1 aliphatic rings. The summed E-state index contributed by atoms with van der Waals surface area (Å²) in [6.07, 6.45) is 0.916. The van der Waals surface area contributed by atoms with Crippen LogP contribution in [0.4, 0.5) is 5.69 Å². The highest BCUT2D eigenvalue weighted by Gasteiger charge is 2.36. The largest absolute Gasteiger partial charge is 0.394 e. The van der Waals surface area contributed by atoms with Gasteiger partial charge in [0.05, 0.1) is 23.7 Å². The lowest BCUT2D eigenvalue weighted by molar-refractivity contribution is 0.200. The molecule has 5 heteroatoms. The fourth-order valence-electron chi connectivity index (χ4n) is 2.19. The Bertz CT molecular complexity index is 494. The van der Waals surface area contributed by atoms with Crippen LogP contribution in [0.25, 0.3) is 0 Å². The number of rotatable bonds is 3. The van der Waals surface area contributed by atoms with Crippen LogP contribution in [0, 0.1) is 6.92 Å². The molecule has 2 N–H and O–H groups in total. The molecule has 0 spiro atoms. The summed E-state index contributed by atoms with van der Waals surface area (Å²) in [5, 5.41) is 12.9. The van der Waals surface area contributed by atoms with Crippen molar-refractivity contribution in [3.05, 3.63) is 29.8 Å². The molecule has 18 heavy (non-hydrogen) atoms. The van der Waals surface area contributed by atoms with Crippen LogP contribution in [0.1, 0.15) is 18.4 Å². The zero-order valence-electron chi connectivity index (χ0n) is 10.5. The molecule has 1 fully saturated rings. The van der Waals surface area contributed by atoms with Gasteiger partial charge in [0.25, 0.3) is 0 Å². The minimum Gasteiger partial charge on any atom is -0.394 e. The second-order valence-electron chi connectivity index (χ2n) is 5.08. The van der Waals surface area contributed by atoms with Crippen molar-refractivity contribution < 1.29 is 13.5 Å². The van der Waals surface area contributed by atoms with Crippen LogP contribution in [-0.2, 0) is 9.84 Å². The maximum atomic E-state index is 11.4. The quantitative estimate of drug-likeness (QED) is 0.869. The van der Waals surface area contributed by atoms with Gasteiger partial charge in [0.2, 0.25) is 0 Å². The van der Waals surface area contributed by atoms with Crippen LogP contribution in [-0.4, -0.2) is 37.2 Å². The zero-order chi connectivity index (χ0) is 13.2. The first kappa shape index (κ1) is 13.4. The molecule has 1 saturated heterocycles. The Hall–Kier alpha value is -1.07. The van der Waals surface area contributed by atoms with Crippen LogP contribution in [0.3, 0.4) is 0 Å². The molecule has 0 radical (unpaired) electrons. The molecule has 0 atom stereocenters. The number of aliphatic hydroxyl groups is 1. The van der Waals surface area contributed by atoms with Crippen LogP contribution in [0.5, 0.6) is 0 Å². The number of nitrogens with one attached hydrogen (secondary N) is 1. The maximum Gasteiger partial charge on any atom is 0.150 e. The van der Waals surface area contributed by atoms with Gasteiger partial charge in [-0.1, -0.05) is 17.7 Å². The van der Waals surface area contributed by atoms with Gasteiger partial charge in [-0.15, -0.1) is 0 Å². The third-order valence-electron chi connectivity index (χ3n) is 3.55. The predicted octanol–water partition coefficient (Wildman–Crippen LogP) is 1.35. The van der Waals surface area contributed by atoms with Crippen molar-refractivity contribution in [3.63, 3.8) is 0 Å². The van der Waals surface area contributed by atoms with Gasteiger partial charge in [-0.3, -0.25) is 0 Å². The minimum atomic E-state index is -2.91. The number of aryl methyl sites for hydroxylation is 1. The molecule has 0 aromatic heterocycles. The number of anilines is 1. The summed E-state index contributed by atoms with van der Waals surface area (Å²) >= 11 is 0. The summed E-state index contributed by atoms with van der Waals surface area (Å²) in [5.41, 5.74) is 1.60. The van der Waals surface area contributed by atoms with Crippen LogP contribution < -0.4 is 5.32 Å². The van der Waals surface area contributed by atoms with Gasteiger partial charge in [0, 0.05) is 5.69 Å². The summed E-state index contributed by atoms with van der Waals surface area (Å²) in [5.74, 6) is 0.291. The van der Waals surface area contributed by atoms with Crippen molar-refractivity contribution in [2.75, 3.05) is 23.4 Å². The third kappa shape index (κ3) is 3.03. The molecule has 4 nitrogen and oxygen atoms in total. The monoisotopic (exact) mass is 269 g/mol. The van der Waals surface area contributed by atoms with Crippen molar-refractivity contribution in [3.8, 4) is 0 Å². The van der Waals surface area contributed by atoms with Gasteiger partial charge in [0.1, 0.15) is 0 Å². The molecular formula is C13H19NO3S. The molecule has 1 aliphatic heterocycles. The summed E-state index contributed by atoms with van der Waals surface area (Å²) in [6, 6.07) is 7.89. The van der Waals surface area contributed by atoms with Crippen LogP contribution >= 0.6 is 0 Å². The van der Waals surface area contributed by atoms with Gasteiger partial charge in [-0.05, 0) is 31.9 Å². The van der Waals surface area contributed by atoms with Crippen molar-refractivity contribution in [2.24, 2.45) is 0 Å². The highest BCUT2D eigenvalue weighted by atomic mass is 32.2. The van der Waals surface area contributed by atoms with Gasteiger partial charge in [-0.25, -0.2) is 8.42 Å². The second kappa shape index (κ2) is 4.90. The molecule has 0 aliphatic carbocycles. The van der Waals surface area contributed by atoms with Gasteiger partial charge >= 0.3 is 0 Å². The lowest BCUT2D eigenvalue weighted by Gasteiger charge is -2.37. The summed E-state index contributed by atoms with van der Waals surface area (Å²) in [4.78, 5) is 0. The van der Waals surface area contributed by atoms with E-state index in [0.717, 1.165) is 5.69 Å². The van der Waals surface area contributed by atoms with Gasteiger partial charge in [-0.2, -0.15) is 0 Å². The molecule has 1 aromatic carbocycles. The molecule has 100 valence electrons. The molecule has 1 aromatic rings.